The Balaban J connectivity index is 1.71. The molecule has 2 aromatic carbocycles. The first kappa shape index (κ1) is 18.1. The lowest BCUT2D eigenvalue weighted by molar-refractivity contribution is 0.102. The van der Waals surface area contributed by atoms with E-state index in [1.807, 2.05) is 6.07 Å². The van der Waals surface area contributed by atoms with Crippen molar-refractivity contribution in [3.05, 3.63) is 59.7 Å². The molecule has 0 unspecified atom stereocenters. The molecule has 0 spiro atoms. The maximum Gasteiger partial charge on any atom is 0.255 e. The van der Waals surface area contributed by atoms with Gasteiger partial charge in [-0.3, -0.25) is 4.79 Å². The van der Waals surface area contributed by atoms with Gasteiger partial charge in [0.15, 0.2) is 0 Å². The molecule has 1 N–H and O–H groups in total. The van der Waals surface area contributed by atoms with E-state index in [4.69, 9.17) is 5.26 Å². The van der Waals surface area contributed by atoms with Crippen LogP contribution in [0.4, 0.5) is 5.69 Å². The van der Waals surface area contributed by atoms with E-state index in [1.54, 1.807) is 36.4 Å². The molecule has 134 valence electrons. The smallest absolute Gasteiger partial charge is 0.255 e. The van der Waals surface area contributed by atoms with Crippen molar-refractivity contribution < 1.29 is 13.2 Å². The lowest BCUT2D eigenvalue weighted by Crippen LogP contribution is -2.35. The third-order valence-electron chi connectivity index (χ3n) is 4.34. The van der Waals surface area contributed by atoms with E-state index in [-0.39, 0.29) is 10.8 Å². The summed E-state index contributed by atoms with van der Waals surface area (Å²) in [5.41, 5.74) is 1.42. The number of anilines is 1. The first-order valence-corrected chi connectivity index (χ1v) is 9.86. The van der Waals surface area contributed by atoms with Gasteiger partial charge in [-0.05, 0) is 61.4 Å². The van der Waals surface area contributed by atoms with Gasteiger partial charge in [0.25, 0.3) is 5.91 Å². The van der Waals surface area contributed by atoms with E-state index < -0.39 is 10.0 Å². The van der Waals surface area contributed by atoms with Gasteiger partial charge < -0.3 is 5.32 Å². The van der Waals surface area contributed by atoms with Crippen molar-refractivity contribution in [3.63, 3.8) is 0 Å². The monoisotopic (exact) mass is 369 g/mol. The number of carbonyl (C=O) groups excluding carboxylic acids is 1. The Morgan fingerprint density at radius 3 is 2.15 bits per heavy atom. The molecule has 0 saturated carbocycles. The average molecular weight is 369 g/mol. The molecule has 6 nitrogen and oxygen atoms in total. The van der Waals surface area contributed by atoms with Gasteiger partial charge in [0, 0.05) is 24.3 Å². The molecular formula is C19H19N3O3S. The minimum absolute atomic E-state index is 0.232. The zero-order valence-corrected chi connectivity index (χ0v) is 15.0. The zero-order valence-electron chi connectivity index (χ0n) is 14.2. The maximum absolute atomic E-state index is 12.6. The van der Waals surface area contributed by atoms with Crippen molar-refractivity contribution in [2.45, 2.75) is 24.2 Å². The van der Waals surface area contributed by atoms with Crippen molar-refractivity contribution in [2.75, 3.05) is 18.4 Å². The molecule has 1 aliphatic heterocycles. The van der Waals surface area contributed by atoms with Crippen molar-refractivity contribution in [1.29, 1.82) is 5.26 Å². The van der Waals surface area contributed by atoms with Gasteiger partial charge in [-0.2, -0.15) is 9.57 Å². The molecule has 3 rings (SSSR count). The number of nitrogens with zero attached hydrogens (tertiary/aromatic N) is 2. The molecule has 1 heterocycles. The van der Waals surface area contributed by atoms with Gasteiger partial charge in [-0.15, -0.1) is 0 Å². The number of piperidine rings is 1. The fraction of sp³-hybridized carbons (Fsp3) is 0.263. The summed E-state index contributed by atoms with van der Waals surface area (Å²) in [6.07, 6.45) is 2.84. The molecule has 2 aromatic rings. The highest BCUT2D eigenvalue weighted by atomic mass is 32.2. The molecule has 7 heteroatoms. The van der Waals surface area contributed by atoms with E-state index in [0.717, 1.165) is 19.3 Å². The fourth-order valence-electron chi connectivity index (χ4n) is 2.86. The van der Waals surface area contributed by atoms with Crippen LogP contribution >= 0.6 is 0 Å². The van der Waals surface area contributed by atoms with Crippen LogP contribution in [0.25, 0.3) is 0 Å². The Labute approximate surface area is 153 Å². The average Bonchev–Trinajstić information content (AvgIpc) is 2.69. The van der Waals surface area contributed by atoms with Gasteiger partial charge in [-0.1, -0.05) is 6.42 Å². The summed E-state index contributed by atoms with van der Waals surface area (Å²) in [6, 6.07) is 14.5. The van der Waals surface area contributed by atoms with Crippen LogP contribution in [0.5, 0.6) is 0 Å². The van der Waals surface area contributed by atoms with Gasteiger partial charge in [0.05, 0.1) is 16.5 Å². The fourth-order valence-corrected chi connectivity index (χ4v) is 4.38. The normalized spacial score (nSPS) is 15.2. The first-order chi connectivity index (χ1) is 12.5. The summed E-state index contributed by atoms with van der Waals surface area (Å²) in [5.74, 6) is -0.318. The summed E-state index contributed by atoms with van der Waals surface area (Å²) in [6.45, 7) is 1.11. The Morgan fingerprint density at radius 2 is 1.58 bits per heavy atom. The number of nitriles is 1. The molecule has 1 amide bonds. The predicted molar refractivity (Wildman–Crippen MR) is 98.2 cm³/mol. The summed E-state index contributed by atoms with van der Waals surface area (Å²) >= 11 is 0. The van der Waals surface area contributed by atoms with Crippen LogP contribution in [0.15, 0.2) is 53.4 Å². The quantitative estimate of drug-likeness (QED) is 0.897. The second-order valence-corrected chi connectivity index (χ2v) is 8.07. The minimum Gasteiger partial charge on any atom is -0.322 e. The van der Waals surface area contributed by atoms with Gasteiger partial charge in [-0.25, -0.2) is 8.42 Å². The summed E-state index contributed by atoms with van der Waals surface area (Å²) < 4.78 is 26.7. The highest BCUT2D eigenvalue weighted by molar-refractivity contribution is 7.89. The standard InChI is InChI=1S/C19H19N3O3S/c20-14-15-4-6-16(7-5-15)19(23)21-17-8-10-18(11-9-17)26(24,25)22-12-2-1-3-13-22/h4-11H,1-3,12-13H2,(H,21,23). The maximum atomic E-state index is 12.6. The van der Waals surface area contributed by atoms with Gasteiger partial charge in [0.1, 0.15) is 0 Å². The number of carbonyl (C=O) groups is 1. The summed E-state index contributed by atoms with van der Waals surface area (Å²) in [5, 5.41) is 11.5. The number of nitrogens with one attached hydrogen (secondary N) is 1. The number of hydrogen-bond donors (Lipinski definition) is 1. The molecule has 1 saturated heterocycles. The number of rotatable bonds is 4. The van der Waals surface area contributed by atoms with Crippen molar-refractivity contribution in [3.8, 4) is 6.07 Å². The summed E-state index contributed by atoms with van der Waals surface area (Å²) in [7, 11) is -3.48. The number of benzene rings is 2. The highest BCUT2D eigenvalue weighted by Gasteiger charge is 2.25. The number of sulfonamides is 1. The molecular weight excluding hydrogens is 350 g/mol. The van der Waals surface area contributed by atoms with Crippen LogP contribution in [0.3, 0.4) is 0 Å². The highest BCUT2D eigenvalue weighted by Crippen LogP contribution is 2.22. The van der Waals surface area contributed by atoms with E-state index in [2.05, 4.69) is 5.32 Å². The van der Waals surface area contributed by atoms with Gasteiger partial charge in [0.2, 0.25) is 10.0 Å². The van der Waals surface area contributed by atoms with Crippen LogP contribution in [0.1, 0.15) is 35.2 Å². The topological polar surface area (TPSA) is 90.3 Å². The van der Waals surface area contributed by atoms with Crippen LogP contribution in [-0.2, 0) is 10.0 Å². The molecule has 0 radical (unpaired) electrons. The lowest BCUT2D eigenvalue weighted by atomic mass is 10.1. The number of hydrogen-bond acceptors (Lipinski definition) is 4. The van der Waals surface area contributed by atoms with Crippen molar-refractivity contribution >= 4 is 21.6 Å². The SMILES string of the molecule is N#Cc1ccc(C(=O)Nc2ccc(S(=O)(=O)N3CCCCC3)cc2)cc1. The van der Waals surface area contributed by atoms with E-state index >= 15 is 0 Å². The third kappa shape index (κ3) is 3.93. The molecule has 0 aromatic heterocycles. The van der Waals surface area contributed by atoms with Crippen molar-refractivity contribution in [2.24, 2.45) is 0 Å². The molecule has 26 heavy (non-hydrogen) atoms. The van der Waals surface area contributed by atoms with Crippen LogP contribution in [0.2, 0.25) is 0 Å². The van der Waals surface area contributed by atoms with Crippen molar-refractivity contribution in [1.82, 2.24) is 4.31 Å². The molecule has 0 atom stereocenters. The Morgan fingerprint density at radius 1 is 0.962 bits per heavy atom. The van der Waals surface area contributed by atoms with E-state index in [9.17, 15) is 13.2 Å². The Hall–Kier alpha value is -2.69. The van der Waals surface area contributed by atoms with Crippen LogP contribution in [0, 0.1) is 11.3 Å². The van der Waals surface area contributed by atoms with Crippen LogP contribution in [-0.4, -0.2) is 31.7 Å². The summed E-state index contributed by atoms with van der Waals surface area (Å²) in [4.78, 5) is 12.5. The van der Waals surface area contributed by atoms with Crippen LogP contribution < -0.4 is 5.32 Å². The first-order valence-electron chi connectivity index (χ1n) is 8.42. The predicted octanol–water partition coefficient (Wildman–Crippen LogP) is 2.99. The third-order valence-corrected chi connectivity index (χ3v) is 6.25. The Bertz CT molecular complexity index is 923. The van der Waals surface area contributed by atoms with E-state index in [0.29, 0.717) is 29.9 Å². The lowest BCUT2D eigenvalue weighted by Gasteiger charge is -2.25. The van der Waals surface area contributed by atoms with E-state index in [1.165, 1.54) is 16.4 Å². The number of amides is 1. The Kier molecular flexibility index (Phi) is 5.35. The zero-order chi connectivity index (χ0) is 18.6. The second-order valence-electron chi connectivity index (χ2n) is 6.13. The second kappa shape index (κ2) is 7.68. The largest absolute Gasteiger partial charge is 0.322 e. The minimum atomic E-state index is -3.48. The molecule has 1 fully saturated rings. The molecule has 0 aliphatic carbocycles. The molecule has 0 bridgehead atoms. The molecule has 1 aliphatic rings. The van der Waals surface area contributed by atoms with Gasteiger partial charge >= 0.3 is 0 Å².